The van der Waals surface area contributed by atoms with Crippen molar-refractivity contribution < 1.29 is 18.7 Å². The summed E-state index contributed by atoms with van der Waals surface area (Å²) in [7, 11) is 1.60. The van der Waals surface area contributed by atoms with E-state index in [1.165, 1.54) is 0 Å². The maximum atomic E-state index is 13.1. The Labute approximate surface area is 179 Å². The lowest BCUT2D eigenvalue weighted by molar-refractivity contribution is 0.102. The van der Waals surface area contributed by atoms with Crippen LogP contribution in [-0.4, -0.2) is 19.6 Å². The number of methoxy groups -OCH3 is 1. The average molecular weight is 414 g/mol. The predicted molar refractivity (Wildman–Crippen MR) is 120 cm³/mol. The first-order valence-electron chi connectivity index (χ1n) is 9.93. The van der Waals surface area contributed by atoms with Crippen LogP contribution in [0.25, 0.3) is 11.0 Å². The van der Waals surface area contributed by atoms with Gasteiger partial charge in [0.1, 0.15) is 28.3 Å². The van der Waals surface area contributed by atoms with Crippen LogP contribution in [0.3, 0.4) is 0 Å². The van der Waals surface area contributed by atoms with Gasteiger partial charge in [-0.05, 0) is 55.5 Å². The summed E-state index contributed by atoms with van der Waals surface area (Å²) in [5.41, 5.74) is 2.38. The van der Waals surface area contributed by atoms with Crippen molar-refractivity contribution in [2.24, 2.45) is 4.99 Å². The molecule has 6 nitrogen and oxygen atoms in total. The number of carbonyl (C=O) groups excluding carboxylic acids is 1. The summed E-state index contributed by atoms with van der Waals surface area (Å²) in [4.78, 5) is 17.8. The summed E-state index contributed by atoms with van der Waals surface area (Å²) in [5, 5.41) is 3.70. The van der Waals surface area contributed by atoms with Crippen LogP contribution in [-0.2, 0) is 0 Å². The largest absolute Gasteiger partial charge is 0.497 e. The molecule has 6 heteroatoms. The molecule has 0 bridgehead atoms. The Balaban J connectivity index is 1.81. The number of hydrogen-bond donors (Lipinski definition) is 1. The zero-order chi connectivity index (χ0) is 21.6. The molecule has 0 aliphatic heterocycles. The molecule has 3 aromatic carbocycles. The van der Waals surface area contributed by atoms with Crippen molar-refractivity contribution >= 4 is 28.3 Å². The van der Waals surface area contributed by atoms with E-state index >= 15 is 0 Å². The molecule has 0 saturated heterocycles. The number of fused-ring (bicyclic) bond motifs is 1. The number of benzene rings is 3. The Morgan fingerprint density at radius 3 is 2.52 bits per heavy atom. The van der Waals surface area contributed by atoms with E-state index in [0.29, 0.717) is 40.6 Å². The van der Waals surface area contributed by atoms with Crippen LogP contribution in [0.4, 0.5) is 11.4 Å². The highest BCUT2D eigenvalue weighted by Gasteiger charge is 2.14. The van der Waals surface area contributed by atoms with Gasteiger partial charge in [0.05, 0.1) is 13.7 Å². The number of ether oxygens (including phenoxy) is 2. The minimum Gasteiger partial charge on any atom is -0.497 e. The van der Waals surface area contributed by atoms with Gasteiger partial charge in [0.15, 0.2) is 0 Å². The molecule has 0 spiro atoms. The maximum Gasteiger partial charge on any atom is 0.261 e. The molecular weight excluding hydrogens is 392 g/mol. The molecule has 1 N–H and O–H groups in total. The number of carbonyl (C=O) groups is 1. The minimum absolute atomic E-state index is 0.205. The molecule has 4 rings (SSSR count). The highest BCUT2D eigenvalue weighted by molar-refractivity contribution is 6.05. The third-order valence-corrected chi connectivity index (χ3v) is 4.64. The number of rotatable bonds is 6. The quantitative estimate of drug-likeness (QED) is 0.463. The van der Waals surface area contributed by atoms with Crippen LogP contribution < -0.4 is 20.3 Å². The van der Waals surface area contributed by atoms with E-state index in [-0.39, 0.29) is 11.5 Å². The highest BCUT2D eigenvalue weighted by atomic mass is 16.5. The van der Waals surface area contributed by atoms with Gasteiger partial charge in [-0.25, -0.2) is 4.99 Å². The van der Waals surface area contributed by atoms with E-state index in [9.17, 15) is 4.79 Å². The topological polar surface area (TPSA) is 73.1 Å². The second-order valence-electron chi connectivity index (χ2n) is 6.70. The van der Waals surface area contributed by atoms with Gasteiger partial charge in [0, 0.05) is 11.1 Å². The van der Waals surface area contributed by atoms with Crippen LogP contribution in [0, 0.1) is 0 Å². The normalized spacial score (nSPS) is 11.4. The summed E-state index contributed by atoms with van der Waals surface area (Å²) < 4.78 is 16.9. The van der Waals surface area contributed by atoms with E-state index < -0.39 is 0 Å². The number of amides is 1. The lowest BCUT2D eigenvalue weighted by Crippen LogP contribution is -2.21. The van der Waals surface area contributed by atoms with Crippen LogP contribution in [0.2, 0.25) is 0 Å². The third-order valence-electron chi connectivity index (χ3n) is 4.64. The zero-order valence-corrected chi connectivity index (χ0v) is 17.3. The average Bonchev–Trinajstić information content (AvgIpc) is 2.80. The lowest BCUT2D eigenvalue weighted by atomic mass is 10.1. The van der Waals surface area contributed by atoms with Crippen LogP contribution in [0.15, 0.2) is 88.3 Å². The van der Waals surface area contributed by atoms with Gasteiger partial charge in [-0.3, -0.25) is 4.79 Å². The Hall–Kier alpha value is -4.06. The Bertz CT molecular complexity index is 1280. The molecule has 0 aliphatic rings. The van der Waals surface area contributed by atoms with E-state index in [1.807, 2.05) is 55.5 Å². The van der Waals surface area contributed by atoms with Crippen LogP contribution >= 0.6 is 0 Å². The van der Waals surface area contributed by atoms with Crippen LogP contribution in [0.1, 0.15) is 17.3 Å². The summed E-state index contributed by atoms with van der Waals surface area (Å²) in [6.07, 6.45) is 0. The molecule has 1 aromatic heterocycles. The Morgan fingerprint density at radius 2 is 1.74 bits per heavy atom. The monoisotopic (exact) mass is 414 g/mol. The minimum atomic E-state index is -0.327. The highest BCUT2D eigenvalue weighted by Crippen LogP contribution is 2.26. The third kappa shape index (κ3) is 4.59. The molecule has 0 aliphatic carbocycles. The van der Waals surface area contributed by atoms with E-state index in [0.717, 1.165) is 5.39 Å². The SMILES string of the molecule is CCOc1ccccc1N=c1oc2ccccc2cc1C(=O)Nc1ccc(OC)cc1. The van der Waals surface area contributed by atoms with Gasteiger partial charge in [-0.15, -0.1) is 0 Å². The molecule has 0 saturated carbocycles. The van der Waals surface area contributed by atoms with Crippen molar-refractivity contribution in [3.8, 4) is 11.5 Å². The fraction of sp³-hybridized carbons (Fsp3) is 0.120. The van der Waals surface area contributed by atoms with E-state index in [2.05, 4.69) is 10.3 Å². The standard InChI is InChI=1S/C25H22N2O4/c1-3-30-23-11-7-5-9-21(23)27-25-20(16-17-8-4-6-10-22(17)31-25)24(28)26-18-12-14-19(29-2)15-13-18/h4-16H,3H2,1-2H3,(H,26,28). The summed E-state index contributed by atoms with van der Waals surface area (Å²) in [6, 6.07) is 23.8. The van der Waals surface area contributed by atoms with Gasteiger partial charge < -0.3 is 19.2 Å². The number of para-hydroxylation sites is 3. The molecule has 1 amide bonds. The predicted octanol–water partition coefficient (Wildman–Crippen LogP) is 5.32. The first kappa shape index (κ1) is 20.2. The molecule has 1 heterocycles. The van der Waals surface area contributed by atoms with Crippen LogP contribution in [0.5, 0.6) is 11.5 Å². The second kappa shape index (κ2) is 9.17. The molecule has 4 aromatic rings. The molecule has 0 radical (unpaired) electrons. The summed E-state index contributed by atoms with van der Waals surface area (Å²) in [5.74, 6) is 1.00. The summed E-state index contributed by atoms with van der Waals surface area (Å²) in [6.45, 7) is 2.41. The molecular formula is C25H22N2O4. The van der Waals surface area contributed by atoms with E-state index in [1.54, 1.807) is 37.4 Å². The zero-order valence-electron chi connectivity index (χ0n) is 17.3. The Morgan fingerprint density at radius 1 is 1.00 bits per heavy atom. The molecule has 31 heavy (non-hydrogen) atoms. The van der Waals surface area contributed by atoms with Crippen molar-refractivity contribution in [3.05, 3.63) is 90.0 Å². The van der Waals surface area contributed by atoms with E-state index in [4.69, 9.17) is 13.9 Å². The van der Waals surface area contributed by atoms with Crippen molar-refractivity contribution in [1.29, 1.82) is 0 Å². The van der Waals surface area contributed by atoms with Gasteiger partial charge in [-0.2, -0.15) is 0 Å². The fourth-order valence-electron chi connectivity index (χ4n) is 3.12. The van der Waals surface area contributed by atoms with Crippen molar-refractivity contribution in [2.45, 2.75) is 6.92 Å². The van der Waals surface area contributed by atoms with Crippen molar-refractivity contribution in [1.82, 2.24) is 0 Å². The van der Waals surface area contributed by atoms with Gasteiger partial charge in [0.25, 0.3) is 5.91 Å². The number of anilines is 1. The molecule has 0 unspecified atom stereocenters. The first-order chi connectivity index (χ1) is 15.2. The first-order valence-corrected chi connectivity index (χ1v) is 9.93. The maximum absolute atomic E-state index is 13.1. The van der Waals surface area contributed by atoms with Gasteiger partial charge in [0.2, 0.25) is 5.55 Å². The number of hydrogen-bond acceptors (Lipinski definition) is 5. The van der Waals surface area contributed by atoms with Crippen molar-refractivity contribution in [2.75, 3.05) is 19.0 Å². The Kier molecular flexibility index (Phi) is 5.98. The van der Waals surface area contributed by atoms with Gasteiger partial charge >= 0.3 is 0 Å². The van der Waals surface area contributed by atoms with Gasteiger partial charge in [-0.1, -0.05) is 30.3 Å². The molecule has 0 atom stereocenters. The number of nitrogens with one attached hydrogen (secondary N) is 1. The lowest BCUT2D eigenvalue weighted by Gasteiger charge is -2.09. The van der Waals surface area contributed by atoms with Crippen molar-refractivity contribution in [3.63, 3.8) is 0 Å². The molecule has 156 valence electrons. The summed E-state index contributed by atoms with van der Waals surface area (Å²) >= 11 is 0. The second-order valence-corrected chi connectivity index (χ2v) is 6.70. The molecule has 0 fully saturated rings. The fourth-order valence-corrected chi connectivity index (χ4v) is 3.12. The number of nitrogens with zero attached hydrogens (tertiary/aromatic N) is 1. The smallest absolute Gasteiger partial charge is 0.261 e.